The summed E-state index contributed by atoms with van der Waals surface area (Å²) in [5.41, 5.74) is 0.784. The van der Waals surface area contributed by atoms with Crippen molar-refractivity contribution in [3.05, 3.63) is 24.3 Å². The van der Waals surface area contributed by atoms with Crippen molar-refractivity contribution >= 4 is 11.6 Å². The third kappa shape index (κ3) is 3.01. The Bertz CT molecular complexity index is 420. The number of anilines is 1. The largest absolute Gasteiger partial charge is 0.494 e. The molecule has 1 saturated heterocycles. The summed E-state index contributed by atoms with van der Waals surface area (Å²) >= 11 is 0. The first-order chi connectivity index (χ1) is 8.70. The minimum atomic E-state index is -0.0826. The number of benzene rings is 1. The summed E-state index contributed by atoms with van der Waals surface area (Å²) in [6, 6.07) is 7.41. The van der Waals surface area contributed by atoms with Crippen molar-refractivity contribution in [3.8, 4) is 5.75 Å². The molecule has 1 aromatic rings. The van der Waals surface area contributed by atoms with Crippen LogP contribution in [0.3, 0.4) is 0 Å². The van der Waals surface area contributed by atoms with Crippen LogP contribution < -0.4 is 15.4 Å². The van der Waals surface area contributed by atoms with Crippen molar-refractivity contribution in [2.24, 2.45) is 5.92 Å². The van der Waals surface area contributed by atoms with E-state index in [0.717, 1.165) is 24.4 Å². The van der Waals surface area contributed by atoms with Crippen molar-refractivity contribution < 1.29 is 9.53 Å². The van der Waals surface area contributed by atoms with E-state index in [9.17, 15) is 4.79 Å². The minimum absolute atomic E-state index is 0.0358. The van der Waals surface area contributed by atoms with Crippen LogP contribution in [-0.4, -0.2) is 25.1 Å². The predicted octanol–water partition coefficient (Wildman–Crippen LogP) is 2.02. The fourth-order valence-corrected chi connectivity index (χ4v) is 2.24. The predicted molar refractivity (Wildman–Crippen MR) is 71.8 cm³/mol. The van der Waals surface area contributed by atoms with Gasteiger partial charge in [-0.15, -0.1) is 0 Å². The van der Waals surface area contributed by atoms with E-state index in [1.807, 2.05) is 31.2 Å². The summed E-state index contributed by atoms with van der Waals surface area (Å²) in [5.74, 6) is 1.21. The Morgan fingerprint density at radius 1 is 1.56 bits per heavy atom. The molecule has 1 aromatic carbocycles. The summed E-state index contributed by atoms with van der Waals surface area (Å²) in [7, 11) is 0. The van der Waals surface area contributed by atoms with Crippen molar-refractivity contribution in [2.75, 3.05) is 18.5 Å². The van der Waals surface area contributed by atoms with Crippen molar-refractivity contribution in [1.29, 1.82) is 0 Å². The van der Waals surface area contributed by atoms with E-state index in [1.54, 1.807) is 0 Å². The van der Waals surface area contributed by atoms with Gasteiger partial charge >= 0.3 is 0 Å². The zero-order valence-electron chi connectivity index (χ0n) is 10.9. The Balaban J connectivity index is 2.00. The summed E-state index contributed by atoms with van der Waals surface area (Å²) in [4.78, 5) is 12.1. The molecule has 2 atom stereocenters. The SMILES string of the molecule is CCOc1cccc(NC(=O)C2NCCC2C)c1. The number of carbonyl (C=O) groups excluding carboxylic acids is 1. The summed E-state index contributed by atoms with van der Waals surface area (Å²) in [6.45, 7) is 5.58. The molecule has 2 N–H and O–H groups in total. The van der Waals surface area contributed by atoms with E-state index in [-0.39, 0.29) is 11.9 Å². The van der Waals surface area contributed by atoms with Crippen LogP contribution >= 0.6 is 0 Å². The molecule has 1 aliphatic heterocycles. The molecule has 1 fully saturated rings. The Morgan fingerprint density at radius 3 is 3.06 bits per heavy atom. The van der Waals surface area contributed by atoms with Crippen molar-refractivity contribution in [2.45, 2.75) is 26.3 Å². The average Bonchev–Trinajstić information content (AvgIpc) is 2.76. The molecular formula is C14H20N2O2. The van der Waals surface area contributed by atoms with Gasteiger partial charge < -0.3 is 15.4 Å². The second kappa shape index (κ2) is 5.87. The van der Waals surface area contributed by atoms with Gasteiger partial charge in [-0.05, 0) is 37.9 Å². The van der Waals surface area contributed by atoms with Crippen LogP contribution in [0.15, 0.2) is 24.3 Å². The molecule has 0 spiro atoms. The number of rotatable bonds is 4. The highest BCUT2D eigenvalue weighted by atomic mass is 16.5. The Hall–Kier alpha value is -1.55. The fourth-order valence-electron chi connectivity index (χ4n) is 2.24. The molecule has 2 rings (SSSR count). The van der Waals surface area contributed by atoms with Gasteiger partial charge in [-0.3, -0.25) is 4.79 Å². The maximum atomic E-state index is 12.1. The molecule has 1 aliphatic rings. The molecule has 4 heteroatoms. The highest BCUT2D eigenvalue weighted by molar-refractivity contribution is 5.95. The quantitative estimate of drug-likeness (QED) is 0.857. The van der Waals surface area contributed by atoms with Gasteiger partial charge in [0, 0.05) is 11.8 Å². The molecule has 0 aliphatic carbocycles. The first-order valence-corrected chi connectivity index (χ1v) is 6.48. The van der Waals surface area contributed by atoms with Gasteiger partial charge in [0.2, 0.25) is 5.91 Å². The summed E-state index contributed by atoms with van der Waals surface area (Å²) in [6.07, 6.45) is 1.05. The van der Waals surface area contributed by atoms with E-state index in [4.69, 9.17) is 4.74 Å². The molecule has 2 unspecified atom stereocenters. The molecule has 1 heterocycles. The molecule has 0 radical (unpaired) electrons. The topological polar surface area (TPSA) is 50.4 Å². The molecule has 0 saturated carbocycles. The first kappa shape index (κ1) is 12.9. The van der Waals surface area contributed by atoms with E-state index in [1.165, 1.54) is 0 Å². The number of hydrogen-bond donors (Lipinski definition) is 2. The lowest BCUT2D eigenvalue weighted by atomic mass is 10.0. The number of carbonyl (C=O) groups is 1. The van der Waals surface area contributed by atoms with Crippen LogP contribution in [0.1, 0.15) is 20.3 Å². The van der Waals surface area contributed by atoms with Gasteiger partial charge in [0.15, 0.2) is 0 Å². The monoisotopic (exact) mass is 248 g/mol. The van der Waals surface area contributed by atoms with Crippen LogP contribution in [-0.2, 0) is 4.79 Å². The van der Waals surface area contributed by atoms with Crippen LogP contribution in [0.4, 0.5) is 5.69 Å². The molecule has 4 nitrogen and oxygen atoms in total. The second-order valence-corrected chi connectivity index (χ2v) is 4.65. The van der Waals surface area contributed by atoms with E-state index in [0.29, 0.717) is 12.5 Å². The number of ether oxygens (including phenoxy) is 1. The van der Waals surface area contributed by atoms with Crippen LogP contribution in [0, 0.1) is 5.92 Å². The third-order valence-corrected chi connectivity index (χ3v) is 3.23. The van der Waals surface area contributed by atoms with E-state index < -0.39 is 0 Å². The Morgan fingerprint density at radius 2 is 2.39 bits per heavy atom. The van der Waals surface area contributed by atoms with Gasteiger partial charge in [0.25, 0.3) is 0 Å². The van der Waals surface area contributed by atoms with Crippen molar-refractivity contribution in [3.63, 3.8) is 0 Å². The third-order valence-electron chi connectivity index (χ3n) is 3.23. The van der Waals surface area contributed by atoms with Crippen LogP contribution in [0.25, 0.3) is 0 Å². The Labute approximate surface area is 108 Å². The van der Waals surface area contributed by atoms with Gasteiger partial charge in [-0.2, -0.15) is 0 Å². The van der Waals surface area contributed by atoms with E-state index in [2.05, 4.69) is 17.6 Å². The lowest BCUT2D eigenvalue weighted by molar-refractivity contribution is -0.118. The Kier molecular flexibility index (Phi) is 4.20. The van der Waals surface area contributed by atoms with Gasteiger partial charge in [0.05, 0.1) is 12.6 Å². The first-order valence-electron chi connectivity index (χ1n) is 6.48. The average molecular weight is 248 g/mol. The fraction of sp³-hybridized carbons (Fsp3) is 0.500. The lowest BCUT2D eigenvalue weighted by Gasteiger charge is -2.15. The molecule has 18 heavy (non-hydrogen) atoms. The highest BCUT2D eigenvalue weighted by Crippen LogP contribution is 2.20. The van der Waals surface area contributed by atoms with Gasteiger partial charge in [-0.1, -0.05) is 13.0 Å². The van der Waals surface area contributed by atoms with Gasteiger partial charge in [-0.25, -0.2) is 0 Å². The molecular weight excluding hydrogens is 228 g/mol. The molecule has 0 bridgehead atoms. The lowest BCUT2D eigenvalue weighted by Crippen LogP contribution is -2.39. The number of nitrogens with one attached hydrogen (secondary N) is 2. The van der Waals surface area contributed by atoms with Crippen molar-refractivity contribution in [1.82, 2.24) is 5.32 Å². The van der Waals surface area contributed by atoms with Crippen LogP contribution in [0.2, 0.25) is 0 Å². The number of hydrogen-bond acceptors (Lipinski definition) is 3. The summed E-state index contributed by atoms with van der Waals surface area (Å²) in [5, 5.41) is 6.15. The zero-order valence-corrected chi connectivity index (χ0v) is 10.9. The normalized spacial score (nSPS) is 22.8. The molecule has 1 amide bonds. The minimum Gasteiger partial charge on any atom is -0.494 e. The maximum Gasteiger partial charge on any atom is 0.241 e. The molecule has 98 valence electrons. The number of amides is 1. The highest BCUT2D eigenvalue weighted by Gasteiger charge is 2.29. The van der Waals surface area contributed by atoms with Crippen LogP contribution in [0.5, 0.6) is 5.75 Å². The van der Waals surface area contributed by atoms with Gasteiger partial charge in [0.1, 0.15) is 5.75 Å². The van der Waals surface area contributed by atoms with E-state index >= 15 is 0 Å². The zero-order chi connectivity index (χ0) is 13.0. The smallest absolute Gasteiger partial charge is 0.241 e. The molecule has 0 aromatic heterocycles. The summed E-state index contributed by atoms with van der Waals surface area (Å²) < 4.78 is 5.41. The second-order valence-electron chi connectivity index (χ2n) is 4.65. The standard InChI is InChI=1S/C14H20N2O2/c1-3-18-12-6-4-5-11(9-12)16-14(17)13-10(2)7-8-15-13/h4-6,9-10,13,15H,3,7-8H2,1-2H3,(H,16,17). The maximum absolute atomic E-state index is 12.1.